The van der Waals surface area contributed by atoms with E-state index >= 15 is 0 Å². The van der Waals surface area contributed by atoms with Crippen LogP contribution in [0.1, 0.15) is 25.3 Å². The Bertz CT molecular complexity index is 606. The zero-order valence-corrected chi connectivity index (χ0v) is 13.1. The van der Waals surface area contributed by atoms with Crippen molar-refractivity contribution in [3.05, 3.63) is 42.1 Å². The third-order valence-electron chi connectivity index (χ3n) is 3.81. The maximum atomic E-state index is 5.38. The van der Waals surface area contributed by atoms with Gasteiger partial charge in [0.05, 0.1) is 13.2 Å². The molecule has 22 heavy (non-hydrogen) atoms. The van der Waals surface area contributed by atoms with Crippen LogP contribution in [0.3, 0.4) is 0 Å². The molecule has 0 radical (unpaired) electrons. The van der Waals surface area contributed by atoms with E-state index in [1.807, 2.05) is 6.07 Å². The van der Waals surface area contributed by atoms with Crippen LogP contribution >= 0.6 is 0 Å². The van der Waals surface area contributed by atoms with Gasteiger partial charge in [0, 0.05) is 25.0 Å². The van der Waals surface area contributed by atoms with E-state index in [0.717, 1.165) is 37.8 Å². The molecule has 1 aliphatic heterocycles. The summed E-state index contributed by atoms with van der Waals surface area (Å²) in [5.74, 6) is 2.11. The summed E-state index contributed by atoms with van der Waals surface area (Å²) in [7, 11) is 0. The fourth-order valence-corrected chi connectivity index (χ4v) is 2.46. The Kier molecular flexibility index (Phi) is 4.53. The zero-order chi connectivity index (χ0) is 15.4. The van der Waals surface area contributed by atoms with Crippen molar-refractivity contribution >= 4 is 17.5 Å². The summed E-state index contributed by atoms with van der Waals surface area (Å²) >= 11 is 0. The van der Waals surface area contributed by atoms with Crippen LogP contribution in [0.25, 0.3) is 0 Å². The van der Waals surface area contributed by atoms with Gasteiger partial charge in [-0.05, 0) is 29.7 Å². The minimum absolute atomic E-state index is 0.537. The predicted octanol–water partition coefficient (Wildman–Crippen LogP) is 3.18. The van der Waals surface area contributed by atoms with Crippen LogP contribution in [0.15, 0.2) is 36.5 Å². The molecule has 1 aromatic carbocycles. The van der Waals surface area contributed by atoms with Crippen molar-refractivity contribution in [2.24, 2.45) is 0 Å². The van der Waals surface area contributed by atoms with Crippen LogP contribution in [0.4, 0.5) is 17.5 Å². The van der Waals surface area contributed by atoms with E-state index in [1.54, 1.807) is 6.20 Å². The average molecular weight is 298 g/mol. The fourth-order valence-electron chi connectivity index (χ4n) is 2.46. The van der Waals surface area contributed by atoms with Crippen LogP contribution in [-0.2, 0) is 4.74 Å². The number of benzene rings is 1. The number of ether oxygens (including phenoxy) is 1. The van der Waals surface area contributed by atoms with E-state index in [1.165, 1.54) is 5.56 Å². The molecule has 3 rings (SSSR count). The molecule has 0 bridgehead atoms. The second kappa shape index (κ2) is 6.75. The third-order valence-corrected chi connectivity index (χ3v) is 3.81. The minimum Gasteiger partial charge on any atom is -0.378 e. The van der Waals surface area contributed by atoms with Crippen molar-refractivity contribution in [3.8, 4) is 0 Å². The highest BCUT2D eigenvalue weighted by Gasteiger charge is 2.13. The molecule has 1 saturated heterocycles. The number of nitrogens with one attached hydrogen (secondary N) is 1. The van der Waals surface area contributed by atoms with Gasteiger partial charge in [0.25, 0.3) is 0 Å². The lowest BCUT2D eigenvalue weighted by molar-refractivity contribution is 0.122. The van der Waals surface area contributed by atoms with Gasteiger partial charge in [-0.1, -0.05) is 26.0 Å². The van der Waals surface area contributed by atoms with Crippen molar-refractivity contribution in [1.82, 2.24) is 9.97 Å². The smallest absolute Gasteiger partial charge is 0.229 e. The minimum atomic E-state index is 0.537. The van der Waals surface area contributed by atoms with Crippen molar-refractivity contribution < 1.29 is 4.74 Å². The van der Waals surface area contributed by atoms with Gasteiger partial charge in [-0.2, -0.15) is 4.98 Å². The largest absolute Gasteiger partial charge is 0.378 e. The van der Waals surface area contributed by atoms with Gasteiger partial charge in [-0.15, -0.1) is 0 Å². The summed E-state index contributed by atoms with van der Waals surface area (Å²) in [5, 5.41) is 3.27. The Morgan fingerprint density at radius 1 is 1.09 bits per heavy atom. The van der Waals surface area contributed by atoms with Crippen LogP contribution in [-0.4, -0.2) is 36.3 Å². The monoisotopic (exact) mass is 298 g/mol. The highest BCUT2D eigenvalue weighted by Crippen LogP contribution is 2.20. The SMILES string of the molecule is CC(C)c1ccc(Nc2nccc(N3CCOCC3)n2)cc1. The molecule has 1 aliphatic rings. The zero-order valence-electron chi connectivity index (χ0n) is 13.1. The van der Waals surface area contributed by atoms with Gasteiger partial charge in [-0.25, -0.2) is 4.98 Å². The first kappa shape index (κ1) is 14.8. The number of aromatic nitrogens is 2. The van der Waals surface area contributed by atoms with Crippen LogP contribution < -0.4 is 10.2 Å². The van der Waals surface area contributed by atoms with E-state index < -0.39 is 0 Å². The molecule has 0 amide bonds. The van der Waals surface area contributed by atoms with Gasteiger partial charge in [-0.3, -0.25) is 0 Å². The Balaban J connectivity index is 1.72. The number of morpholine rings is 1. The van der Waals surface area contributed by atoms with E-state index in [4.69, 9.17) is 4.74 Å². The molecule has 5 nitrogen and oxygen atoms in total. The number of nitrogens with zero attached hydrogens (tertiary/aromatic N) is 3. The van der Waals surface area contributed by atoms with Gasteiger partial charge in [0.2, 0.25) is 5.95 Å². The lowest BCUT2D eigenvalue weighted by Gasteiger charge is -2.27. The Morgan fingerprint density at radius 2 is 1.82 bits per heavy atom. The molecule has 0 aliphatic carbocycles. The third kappa shape index (κ3) is 3.54. The van der Waals surface area contributed by atoms with Crippen LogP contribution in [0.2, 0.25) is 0 Å². The molecule has 2 aromatic rings. The molecule has 0 spiro atoms. The Hall–Kier alpha value is -2.14. The topological polar surface area (TPSA) is 50.3 Å². The van der Waals surface area contributed by atoms with Gasteiger partial charge < -0.3 is 15.0 Å². The number of anilines is 3. The molecular weight excluding hydrogens is 276 g/mol. The molecule has 1 aromatic heterocycles. The summed E-state index contributed by atoms with van der Waals surface area (Å²) in [6.07, 6.45) is 1.79. The lowest BCUT2D eigenvalue weighted by Crippen LogP contribution is -2.36. The molecule has 116 valence electrons. The summed E-state index contributed by atoms with van der Waals surface area (Å²) in [6, 6.07) is 10.4. The molecule has 5 heteroatoms. The fraction of sp³-hybridized carbons (Fsp3) is 0.412. The molecule has 0 saturated carbocycles. The van der Waals surface area contributed by atoms with Gasteiger partial charge >= 0.3 is 0 Å². The first-order valence-electron chi connectivity index (χ1n) is 7.75. The summed E-state index contributed by atoms with van der Waals surface area (Å²) in [5.41, 5.74) is 2.33. The molecule has 1 fully saturated rings. The first-order chi connectivity index (χ1) is 10.7. The highest BCUT2D eigenvalue weighted by atomic mass is 16.5. The quantitative estimate of drug-likeness (QED) is 0.939. The van der Waals surface area contributed by atoms with E-state index in [2.05, 4.69) is 58.3 Å². The maximum absolute atomic E-state index is 5.38. The molecule has 0 unspecified atom stereocenters. The summed E-state index contributed by atoms with van der Waals surface area (Å²) in [6.45, 7) is 7.64. The van der Waals surface area contributed by atoms with Crippen molar-refractivity contribution in [1.29, 1.82) is 0 Å². The lowest BCUT2D eigenvalue weighted by atomic mass is 10.0. The average Bonchev–Trinajstić information content (AvgIpc) is 2.56. The van der Waals surface area contributed by atoms with Crippen LogP contribution in [0, 0.1) is 0 Å². The van der Waals surface area contributed by atoms with E-state index in [-0.39, 0.29) is 0 Å². The number of hydrogen-bond donors (Lipinski definition) is 1. The molecule has 0 atom stereocenters. The van der Waals surface area contributed by atoms with Gasteiger partial charge in [0.1, 0.15) is 5.82 Å². The van der Waals surface area contributed by atoms with Gasteiger partial charge in [0.15, 0.2) is 0 Å². The first-order valence-corrected chi connectivity index (χ1v) is 7.75. The Labute approximate surface area is 131 Å². The second-order valence-electron chi connectivity index (χ2n) is 5.74. The summed E-state index contributed by atoms with van der Waals surface area (Å²) in [4.78, 5) is 11.1. The van der Waals surface area contributed by atoms with Crippen molar-refractivity contribution in [3.63, 3.8) is 0 Å². The molecule has 2 heterocycles. The molecular formula is C17H22N4O. The standard InChI is InChI=1S/C17H22N4O/c1-13(2)14-3-5-15(6-4-14)19-17-18-8-7-16(20-17)21-9-11-22-12-10-21/h3-8,13H,9-12H2,1-2H3,(H,18,19,20). The predicted molar refractivity (Wildman–Crippen MR) is 88.9 cm³/mol. The molecule has 1 N–H and O–H groups in total. The second-order valence-corrected chi connectivity index (χ2v) is 5.74. The van der Waals surface area contributed by atoms with Crippen molar-refractivity contribution in [2.45, 2.75) is 19.8 Å². The van der Waals surface area contributed by atoms with Crippen LogP contribution in [0.5, 0.6) is 0 Å². The van der Waals surface area contributed by atoms with E-state index in [9.17, 15) is 0 Å². The Morgan fingerprint density at radius 3 is 2.50 bits per heavy atom. The van der Waals surface area contributed by atoms with Crippen molar-refractivity contribution in [2.75, 3.05) is 36.5 Å². The summed E-state index contributed by atoms with van der Waals surface area (Å²) < 4.78 is 5.38. The maximum Gasteiger partial charge on any atom is 0.229 e. The normalized spacial score (nSPS) is 15.1. The number of hydrogen-bond acceptors (Lipinski definition) is 5. The number of rotatable bonds is 4. The highest BCUT2D eigenvalue weighted by molar-refractivity contribution is 5.55. The van der Waals surface area contributed by atoms with E-state index in [0.29, 0.717) is 11.9 Å².